The molecule has 55 heavy (non-hydrogen) atoms. The molecule has 9 nitrogen and oxygen atoms in total. The van der Waals surface area contributed by atoms with Crippen molar-refractivity contribution in [3.8, 4) is 56.3 Å². The molecule has 4 aromatic carbocycles. The van der Waals surface area contributed by atoms with Crippen LogP contribution in [0.15, 0.2) is 130 Å². The molecule has 0 spiro atoms. The van der Waals surface area contributed by atoms with Crippen LogP contribution in [0.3, 0.4) is 0 Å². The first-order chi connectivity index (χ1) is 26.2. The minimum Gasteiger partial charge on any atom is -0.543 e. The van der Waals surface area contributed by atoms with Crippen molar-refractivity contribution in [1.29, 1.82) is 0 Å². The van der Waals surface area contributed by atoms with Gasteiger partial charge in [-0.15, -0.1) is 0 Å². The number of benzene rings is 4. The molecule has 6 aromatic rings. The summed E-state index contributed by atoms with van der Waals surface area (Å²) in [6, 6.07) is 36.6. The molecule has 3 heterocycles. The predicted molar refractivity (Wildman–Crippen MR) is 212 cm³/mol. The Morgan fingerprint density at radius 3 is 1.84 bits per heavy atom. The van der Waals surface area contributed by atoms with Crippen molar-refractivity contribution < 1.29 is 63.6 Å². The van der Waals surface area contributed by atoms with Crippen LogP contribution in [-0.2, 0) is 9.47 Å². The Balaban J connectivity index is 0.000000212. The van der Waals surface area contributed by atoms with Gasteiger partial charge in [-0.2, -0.15) is 0 Å². The summed E-state index contributed by atoms with van der Waals surface area (Å²) in [5.74, 6) is -0.341. The number of hydrogen-bond acceptors (Lipinski definition) is 9. The van der Waals surface area contributed by atoms with Gasteiger partial charge < -0.3 is 29.2 Å². The van der Waals surface area contributed by atoms with E-state index in [1.165, 1.54) is 13.2 Å². The van der Waals surface area contributed by atoms with Gasteiger partial charge in [0.05, 0.1) is 36.8 Å². The van der Waals surface area contributed by atoms with Crippen LogP contribution in [0.5, 0.6) is 11.5 Å². The van der Waals surface area contributed by atoms with Gasteiger partial charge in [0.1, 0.15) is 17.2 Å². The first kappa shape index (κ1) is 41.8. The standard InChI is InChI=1S/C24H22BrNO4.C19H14BrNO3.Na/c25-17-8-9-23(30-15-16-10-12-29-13-11-16)20(14-17)18-4-1-2-5-19(18)21-6-3-7-22(26-21)24(27)28;1-24-19(23)17-8-4-7-16(21-17)14-6-3-2-5-13(14)15-11-12(20)9-10-18(15)22;/h1-9,14,16H,10-13,15H2,(H,27,28);2-11,22H,1H3;/q;;+1/p-1. The second-order valence-corrected chi connectivity index (χ2v) is 14.2. The molecular weight excluding hydrogens is 839 g/mol. The molecule has 274 valence electrons. The fourth-order valence-corrected chi connectivity index (χ4v) is 6.79. The van der Waals surface area contributed by atoms with Crippen molar-refractivity contribution in [2.75, 3.05) is 26.9 Å². The van der Waals surface area contributed by atoms with Gasteiger partial charge in [0.15, 0.2) is 0 Å². The number of carboxylic acids is 1. The average Bonchev–Trinajstić information content (AvgIpc) is 3.21. The summed E-state index contributed by atoms with van der Waals surface area (Å²) in [6.07, 6.45) is 2.00. The van der Waals surface area contributed by atoms with Crippen molar-refractivity contribution in [3.63, 3.8) is 0 Å². The van der Waals surface area contributed by atoms with Crippen LogP contribution in [-0.4, -0.2) is 53.9 Å². The van der Waals surface area contributed by atoms with E-state index in [4.69, 9.17) is 14.2 Å². The van der Waals surface area contributed by atoms with Crippen LogP contribution >= 0.6 is 31.9 Å². The zero-order chi connectivity index (χ0) is 38.0. The normalized spacial score (nSPS) is 12.4. The molecule has 0 radical (unpaired) electrons. The molecule has 0 bridgehead atoms. The fraction of sp³-hybridized carbons (Fsp3) is 0.163. The molecule has 1 saturated heterocycles. The van der Waals surface area contributed by atoms with Gasteiger partial charge in [0, 0.05) is 44.4 Å². The Bertz CT molecular complexity index is 2280. The quantitative estimate of drug-likeness (QED) is 0.137. The Kier molecular flexibility index (Phi) is 15.2. The minimum atomic E-state index is -1.29. The Morgan fingerprint density at radius 2 is 1.24 bits per heavy atom. The zero-order valence-electron chi connectivity index (χ0n) is 30.2. The Labute approximate surface area is 358 Å². The molecular formula is C43H35Br2N2NaO7. The Hall–Kier alpha value is -4.36. The van der Waals surface area contributed by atoms with Crippen molar-refractivity contribution in [1.82, 2.24) is 9.97 Å². The van der Waals surface area contributed by atoms with Gasteiger partial charge in [0.2, 0.25) is 0 Å². The molecule has 0 unspecified atom stereocenters. The third-order valence-corrected chi connectivity index (χ3v) is 9.79. The molecule has 1 fully saturated rings. The summed E-state index contributed by atoms with van der Waals surface area (Å²) in [4.78, 5) is 31.6. The van der Waals surface area contributed by atoms with Crippen molar-refractivity contribution >= 4 is 43.8 Å². The Morgan fingerprint density at radius 1 is 0.709 bits per heavy atom. The number of hydrogen-bond donors (Lipinski definition) is 1. The second-order valence-electron chi connectivity index (χ2n) is 12.4. The molecule has 1 aliphatic rings. The molecule has 1 N–H and O–H groups in total. The number of nitrogens with zero attached hydrogens (tertiary/aromatic N) is 2. The maximum absolute atomic E-state index is 11.7. The number of aromatic hydroxyl groups is 1. The third kappa shape index (κ3) is 10.7. The largest absolute Gasteiger partial charge is 1.00 e. The number of carboxylic acid groups (broad SMARTS) is 1. The molecule has 0 atom stereocenters. The monoisotopic (exact) mass is 872 g/mol. The van der Waals surface area contributed by atoms with Crippen LogP contribution in [0.2, 0.25) is 0 Å². The first-order valence-corrected chi connectivity index (χ1v) is 18.7. The van der Waals surface area contributed by atoms with E-state index in [1.807, 2.05) is 78.9 Å². The zero-order valence-corrected chi connectivity index (χ0v) is 35.4. The molecule has 0 saturated carbocycles. The van der Waals surface area contributed by atoms with Crippen LogP contribution in [0, 0.1) is 5.92 Å². The summed E-state index contributed by atoms with van der Waals surface area (Å²) in [7, 11) is 1.32. The fourth-order valence-electron chi connectivity index (χ4n) is 6.07. The van der Waals surface area contributed by atoms with Gasteiger partial charge in [-0.3, -0.25) is 0 Å². The number of aromatic nitrogens is 2. The topological polar surface area (TPSA) is 131 Å². The maximum Gasteiger partial charge on any atom is 1.00 e. The van der Waals surface area contributed by atoms with Crippen LogP contribution in [0.4, 0.5) is 0 Å². The van der Waals surface area contributed by atoms with Gasteiger partial charge in [-0.25, -0.2) is 14.8 Å². The number of pyridine rings is 2. The van der Waals surface area contributed by atoms with E-state index in [0.717, 1.165) is 68.6 Å². The van der Waals surface area contributed by atoms with Gasteiger partial charge >= 0.3 is 35.5 Å². The number of methoxy groups -OCH3 is 1. The predicted octanol–water partition coefficient (Wildman–Crippen LogP) is 6.02. The van der Waals surface area contributed by atoms with Gasteiger partial charge in [-0.1, -0.05) is 92.5 Å². The summed E-state index contributed by atoms with van der Waals surface area (Å²) >= 11 is 6.99. The minimum absolute atomic E-state index is 0. The number of esters is 1. The molecule has 0 amide bonds. The van der Waals surface area contributed by atoms with Crippen LogP contribution in [0.1, 0.15) is 33.8 Å². The average molecular weight is 875 g/mol. The smallest absolute Gasteiger partial charge is 0.543 e. The van der Waals surface area contributed by atoms with E-state index in [0.29, 0.717) is 29.5 Å². The number of carbonyl (C=O) groups excluding carboxylic acids is 2. The van der Waals surface area contributed by atoms with E-state index >= 15 is 0 Å². The van der Waals surface area contributed by atoms with Crippen LogP contribution < -0.4 is 39.4 Å². The molecule has 2 aromatic heterocycles. The van der Waals surface area contributed by atoms with E-state index in [1.54, 1.807) is 36.4 Å². The molecule has 12 heteroatoms. The number of halogens is 2. The number of phenols is 1. The van der Waals surface area contributed by atoms with Crippen molar-refractivity contribution in [2.24, 2.45) is 5.92 Å². The van der Waals surface area contributed by atoms with Crippen molar-refractivity contribution in [3.05, 3.63) is 142 Å². The number of phenolic OH excluding ortho intramolecular Hbond substituents is 1. The van der Waals surface area contributed by atoms with E-state index in [-0.39, 0.29) is 46.7 Å². The maximum atomic E-state index is 11.7. The molecule has 0 aliphatic carbocycles. The van der Waals surface area contributed by atoms with Crippen LogP contribution in [0.25, 0.3) is 44.8 Å². The number of carbonyl (C=O) groups is 2. The SMILES string of the molecule is COC(=O)c1cccc(-c2ccccc2-c2cc(Br)ccc2O)n1.O=C([O-])c1cccc(-c2ccccc2-c2cc(Br)ccc2OCC2CCOCC2)n1.[Na+]. The van der Waals surface area contributed by atoms with E-state index in [2.05, 4.69) is 41.8 Å². The molecule has 1 aliphatic heterocycles. The number of ether oxygens (including phenoxy) is 3. The summed E-state index contributed by atoms with van der Waals surface area (Å²) in [6.45, 7) is 2.20. The van der Waals surface area contributed by atoms with Gasteiger partial charge in [-0.05, 0) is 90.6 Å². The van der Waals surface area contributed by atoms with Crippen molar-refractivity contribution in [2.45, 2.75) is 12.8 Å². The summed E-state index contributed by atoms with van der Waals surface area (Å²) < 4.78 is 18.2. The summed E-state index contributed by atoms with van der Waals surface area (Å²) in [5, 5.41) is 21.5. The van der Waals surface area contributed by atoms with Gasteiger partial charge in [0.25, 0.3) is 0 Å². The second kappa shape index (κ2) is 20.0. The summed E-state index contributed by atoms with van der Waals surface area (Å²) in [5.41, 5.74) is 6.35. The number of aromatic carboxylic acids is 1. The van der Waals surface area contributed by atoms with E-state index < -0.39 is 11.9 Å². The number of rotatable bonds is 9. The third-order valence-electron chi connectivity index (χ3n) is 8.80. The first-order valence-electron chi connectivity index (χ1n) is 17.1. The van der Waals surface area contributed by atoms with E-state index in [9.17, 15) is 19.8 Å². The molecule has 7 rings (SSSR count).